The van der Waals surface area contributed by atoms with Crippen LogP contribution in [0, 0.1) is 0 Å². The molecule has 0 saturated carbocycles. The molecule has 4 aromatic rings. The zero-order valence-electron chi connectivity index (χ0n) is 18.6. The van der Waals surface area contributed by atoms with E-state index in [2.05, 4.69) is 26.8 Å². The summed E-state index contributed by atoms with van der Waals surface area (Å²) in [4.78, 5) is 21.4. The van der Waals surface area contributed by atoms with Gasteiger partial charge in [0.1, 0.15) is 5.82 Å². The van der Waals surface area contributed by atoms with Gasteiger partial charge in [-0.3, -0.25) is 4.79 Å². The first-order valence-electron chi connectivity index (χ1n) is 11.1. The summed E-state index contributed by atoms with van der Waals surface area (Å²) in [6.45, 7) is 4.15. The Balaban J connectivity index is 1.34. The second kappa shape index (κ2) is 9.72. The first kappa shape index (κ1) is 22.9. The van der Waals surface area contributed by atoms with Crippen molar-refractivity contribution < 1.29 is 13.2 Å². The molecule has 0 aliphatic heterocycles. The van der Waals surface area contributed by atoms with Crippen molar-refractivity contribution in [1.82, 2.24) is 24.4 Å². The highest BCUT2D eigenvalue weighted by atomic mass is 32.2. The number of imidazole rings is 2. The molecule has 3 N–H and O–H groups in total. The predicted molar refractivity (Wildman–Crippen MR) is 127 cm³/mol. The van der Waals surface area contributed by atoms with Crippen molar-refractivity contribution in [2.75, 3.05) is 6.54 Å². The number of nitrogens with two attached hydrogens (primary N) is 1. The lowest BCUT2D eigenvalue weighted by Gasteiger charge is -2.09. The van der Waals surface area contributed by atoms with Gasteiger partial charge in [0.15, 0.2) is 0 Å². The first-order valence-corrected chi connectivity index (χ1v) is 12.6. The van der Waals surface area contributed by atoms with Crippen LogP contribution in [0.1, 0.15) is 32.0 Å². The number of rotatable bonds is 10. The lowest BCUT2D eigenvalue weighted by molar-refractivity contribution is -0.121. The molecule has 0 aliphatic carbocycles. The molecule has 0 bridgehead atoms. The third kappa shape index (κ3) is 5.23. The largest absolute Gasteiger partial charge is 0.356 e. The van der Waals surface area contributed by atoms with Crippen LogP contribution in [0.4, 0.5) is 0 Å². The number of para-hydroxylation sites is 2. The van der Waals surface area contributed by atoms with Crippen LogP contribution in [0.2, 0.25) is 0 Å². The Hall–Kier alpha value is -3.24. The molecule has 0 atom stereocenters. The zero-order valence-corrected chi connectivity index (χ0v) is 19.4. The summed E-state index contributed by atoms with van der Waals surface area (Å²) < 4.78 is 27.4. The second-order valence-electron chi connectivity index (χ2n) is 8.01. The number of fused-ring (bicyclic) bond motifs is 2. The zero-order chi connectivity index (χ0) is 23.4. The Morgan fingerprint density at radius 1 is 1.09 bits per heavy atom. The highest BCUT2D eigenvalue weighted by Crippen LogP contribution is 2.21. The fourth-order valence-electron chi connectivity index (χ4n) is 3.98. The van der Waals surface area contributed by atoms with Crippen molar-refractivity contribution in [3.63, 3.8) is 0 Å². The van der Waals surface area contributed by atoms with E-state index in [1.807, 2.05) is 35.2 Å². The van der Waals surface area contributed by atoms with Crippen LogP contribution < -0.4 is 10.5 Å². The summed E-state index contributed by atoms with van der Waals surface area (Å²) in [5, 5.41) is 8.22. The maximum atomic E-state index is 12.4. The summed E-state index contributed by atoms with van der Waals surface area (Å²) >= 11 is 0. The SMILES string of the molecule is CCCn1c(CCC(=O)NCCCn2cnc3ccccc32)nc2cc(S(N)(=O)=O)ccc21. The lowest BCUT2D eigenvalue weighted by Crippen LogP contribution is -2.25. The van der Waals surface area contributed by atoms with E-state index in [0.717, 1.165) is 48.3 Å². The van der Waals surface area contributed by atoms with E-state index in [1.54, 1.807) is 6.07 Å². The summed E-state index contributed by atoms with van der Waals surface area (Å²) in [5.41, 5.74) is 3.46. The molecule has 0 fully saturated rings. The number of benzene rings is 2. The molecule has 33 heavy (non-hydrogen) atoms. The number of nitrogens with zero attached hydrogens (tertiary/aromatic N) is 4. The molecule has 2 heterocycles. The Kier molecular flexibility index (Phi) is 6.75. The lowest BCUT2D eigenvalue weighted by atomic mass is 10.2. The van der Waals surface area contributed by atoms with E-state index in [1.165, 1.54) is 12.1 Å². The van der Waals surface area contributed by atoms with E-state index in [0.29, 0.717) is 24.9 Å². The highest BCUT2D eigenvalue weighted by Gasteiger charge is 2.15. The second-order valence-corrected chi connectivity index (χ2v) is 9.57. The average molecular weight is 469 g/mol. The van der Waals surface area contributed by atoms with Gasteiger partial charge in [-0.2, -0.15) is 0 Å². The molecule has 10 heteroatoms. The van der Waals surface area contributed by atoms with Crippen molar-refractivity contribution in [3.8, 4) is 0 Å². The Bertz CT molecular complexity index is 1390. The quantitative estimate of drug-likeness (QED) is 0.346. The van der Waals surface area contributed by atoms with Crippen molar-refractivity contribution in [1.29, 1.82) is 0 Å². The smallest absolute Gasteiger partial charge is 0.238 e. The van der Waals surface area contributed by atoms with Crippen LogP contribution in [-0.2, 0) is 34.3 Å². The number of sulfonamides is 1. The number of amides is 1. The molecule has 0 saturated heterocycles. The fraction of sp³-hybridized carbons (Fsp3) is 0.348. The third-order valence-corrected chi connectivity index (χ3v) is 6.49. The molecule has 4 rings (SSSR count). The van der Waals surface area contributed by atoms with E-state index < -0.39 is 10.0 Å². The van der Waals surface area contributed by atoms with Gasteiger partial charge in [0.05, 0.1) is 33.3 Å². The molecule has 0 spiro atoms. The minimum atomic E-state index is -3.80. The van der Waals surface area contributed by atoms with Gasteiger partial charge < -0.3 is 14.5 Å². The number of primary sulfonamides is 1. The number of carbonyl (C=O) groups excluding carboxylic acids is 1. The van der Waals surface area contributed by atoms with Crippen molar-refractivity contribution in [3.05, 3.63) is 54.6 Å². The van der Waals surface area contributed by atoms with Gasteiger partial charge in [-0.05, 0) is 43.2 Å². The molecule has 0 radical (unpaired) electrons. The summed E-state index contributed by atoms with van der Waals surface area (Å²) in [6, 6.07) is 12.7. The minimum absolute atomic E-state index is 0.0334. The van der Waals surface area contributed by atoms with E-state index >= 15 is 0 Å². The summed E-state index contributed by atoms with van der Waals surface area (Å²) in [6.07, 6.45) is 4.30. The van der Waals surface area contributed by atoms with Gasteiger partial charge in [0.25, 0.3) is 0 Å². The van der Waals surface area contributed by atoms with Gasteiger partial charge in [-0.25, -0.2) is 23.5 Å². The van der Waals surface area contributed by atoms with E-state index in [-0.39, 0.29) is 10.8 Å². The maximum Gasteiger partial charge on any atom is 0.238 e. The molecule has 0 unspecified atom stereocenters. The Morgan fingerprint density at radius 3 is 2.70 bits per heavy atom. The topological polar surface area (TPSA) is 125 Å². The maximum absolute atomic E-state index is 12.4. The van der Waals surface area contributed by atoms with Crippen molar-refractivity contribution >= 4 is 38.0 Å². The predicted octanol–water partition coefficient (Wildman–Crippen LogP) is 2.58. The van der Waals surface area contributed by atoms with Crippen molar-refractivity contribution in [2.24, 2.45) is 5.14 Å². The van der Waals surface area contributed by atoms with E-state index in [9.17, 15) is 13.2 Å². The van der Waals surface area contributed by atoms with Gasteiger partial charge in [0, 0.05) is 32.5 Å². The van der Waals surface area contributed by atoms with Gasteiger partial charge >= 0.3 is 0 Å². The van der Waals surface area contributed by atoms with Crippen LogP contribution >= 0.6 is 0 Å². The Morgan fingerprint density at radius 2 is 1.91 bits per heavy atom. The molecule has 9 nitrogen and oxygen atoms in total. The molecule has 0 aliphatic rings. The van der Waals surface area contributed by atoms with Crippen LogP contribution in [0.5, 0.6) is 0 Å². The molecule has 2 aromatic carbocycles. The van der Waals surface area contributed by atoms with Crippen molar-refractivity contribution in [2.45, 2.75) is 50.6 Å². The monoisotopic (exact) mass is 468 g/mol. The number of nitrogens with one attached hydrogen (secondary N) is 1. The van der Waals surface area contributed by atoms with Crippen LogP contribution in [0.3, 0.4) is 0 Å². The number of aromatic nitrogens is 4. The standard InChI is InChI=1S/C23H28N6O3S/c1-2-13-29-21-9-8-17(33(24,31)32)15-19(21)27-22(29)10-11-23(30)25-12-5-14-28-16-26-18-6-3-4-7-20(18)28/h3-4,6-9,15-16H,2,5,10-14H2,1H3,(H,25,30)(H2,24,31,32). The fourth-order valence-corrected chi connectivity index (χ4v) is 4.51. The number of hydrogen-bond donors (Lipinski definition) is 2. The van der Waals surface area contributed by atoms with Crippen LogP contribution in [0.15, 0.2) is 53.7 Å². The molecular formula is C23H28N6O3S. The molecule has 1 amide bonds. The third-order valence-electron chi connectivity index (χ3n) is 5.58. The van der Waals surface area contributed by atoms with Gasteiger partial charge in [-0.1, -0.05) is 19.1 Å². The number of aryl methyl sites for hydroxylation is 3. The average Bonchev–Trinajstić information content (AvgIpc) is 3.36. The normalized spacial score (nSPS) is 11.9. The Labute approximate surface area is 192 Å². The van der Waals surface area contributed by atoms with Crippen LogP contribution in [-0.4, -0.2) is 40.0 Å². The molecular weight excluding hydrogens is 440 g/mol. The van der Waals surface area contributed by atoms with Gasteiger partial charge in [0.2, 0.25) is 15.9 Å². The van der Waals surface area contributed by atoms with E-state index in [4.69, 9.17) is 5.14 Å². The first-order chi connectivity index (χ1) is 15.9. The highest BCUT2D eigenvalue weighted by molar-refractivity contribution is 7.89. The summed E-state index contributed by atoms with van der Waals surface area (Å²) in [5.74, 6) is 0.726. The number of hydrogen-bond acceptors (Lipinski definition) is 5. The van der Waals surface area contributed by atoms with Gasteiger partial charge in [-0.15, -0.1) is 0 Å². The number of carbonyl (C=O) groups is 1. The molecule has 2 aromatic heterocycles. The minimum Gasteiger partial charge on any atom is -0.356 e. The summed E-state index contributed by atoms with van der Waals surface area (Å²) in [7, 11) is -3.80. The van der Waals surface area contributed by atoms with Crippen LogP contribution in [0.25, 0.3) is 22.1 Å². The molecule has 174 valence electrons.